The van der Waals surface area contributed by atoms with Gasteiger partial charge in [-0.25, -0.2) is 0 Å². The standard InChI is InChI=1S/C11H14N2O/c1-13(2)12-11(8-9-14)10-6-4-3-5-7-10/h3-7,9H,8H2,1-2H3/b12-11+. The maximum atomic E-state index is 10.5. The van der Waals surface area contributed by atoms with Crippen LogP contribution in [0.3, 0.4) is 0 Å². The van der Waals surface area contributed by atoms with Gasteiger partial charge in [-0.2, -0.15) is 5.10 Å². The number of benzene rings is 1. The lowest BCUT2D eigenvalue weighted by atomic mass is 10.1. The number of hydrazone groups is 1. The molecule has 0 heterocycles. The molecular weight excluding hydrogens is 176 g/mol. The largest absolute Gasteiger partial charge is 0.303 e. The monoisotopic (exact) mass is 190 g/mol. The summed E-state index contributed by atoms with van der Waals surface area (Å²) in [5.41, 5.74) is 1.79. The van der Waals surface area contributed by atoms with Gasteiger partial charge in [0.05, 0.1) is 5.71 Å². The van der Waals surface area contributed by atoms with E-state index in [4.69, 9.17) is 0 Å². The first-order valence-electron chi connectivity index (χ1n) is 4.48. The van der Waals surface area contributed by atoms with Gasteiger partial charge in [0.1, 0.15) is 6.29 Å². The fourth-order valence-corrected chi connectivity index (χ4v) is 1.17. The van der Waals surface area contributed by atoms with Crippen LogP contribution < -0.4 is 0 Å². The van der Waals surface area contributed by atoms with Crippen LogP contribution in [-0.2, 0) is 4.79 Å². The van der Waals surface area contributed by atoms with E-state index in [1.54, 1.807) is 5.01 Å². The summed E-state index contributed by atoms with van der Waals surface area (Å²) in [6.45, 7) is 0. The van der Waals surface area contributed by atoms with Crippen molar-refractivity contribution in [3.8, 4) is 0 Å². The normalized spacial score (nSPS) is 11.1. The van der Waals surface area contributed by atoms with E-state index in [9.17, 15) is 4.79 Å². The lowest BCUT2D eigenvalue weighted by Crippen LogP contribution is -2.10. The summed E-state index contributed by atoms with van der Waals surface area (Å²) in [5.74, 6) is 0. The van der Waals surface area contributed by atoms with Gasteiger partial charge in [-0.1, -0.05) is 30.3 Å². The Bertz CT molecular complexity index is 317. The van der Waals surface area contributed by atoms with Gasteiger partial charge in [0.25, 0.3) is 0 Å². The SMILES string of the molecule is CN(C)/N=C(\CC=O)c1ccccc1. The molecule has 0 saturated carbocycles. The third-order valence-corrected chi connectivity index (χ3v) is 1.70. The Hall–Kier alpha value is -1.64. The molecule has 1 aromatic carbocycles. The Morgan fingerprint density at radius 1 is 1.36 bits per heavy atom. The summed E-state index contributed by atoms with van der Waals surface area (Å²) >= 11 is 0. The van der Waals surface area contributed by atoms with E-state index in [0.29, 0.717) is 6.42 Å². The van der Waals surface area contributed by atoms with Crippen LogP contribution in [0.4, 0.5) is 0 Å². The van der Waals surface area contributed by atoms with Gasteiger partial charge >= 0.3 is 0 Å². The summed E-state index contributed by atoms with van der Waals surface area (Å²) in [5, 5.41) is 5.96. The molecular formula is C11H14N2O. The van der Waals surface area contributed by atoms with Crippen LogP contribution >= 0.6 is 0 Å². The van der Waals surface area contributed by atoms with Crippen LogP contribution in [-0.4, -0.2) is 31.1 Å². The van der Waals surface area contributed by atoms with Gasteiger partial charge in [0.15, 0.2) is 0 Å². The van der Waals surface area contributed by atoms with Gasteiger partial charge in [0, 0.05) is 20.5 Å². The van der Waals surface area contributed by atoms with Crippen LogP contribution in [0.1, 0.15) is 12.0 Å². The van der Waals surface area contributed by atoms with Crippen LogP contribution in [0.25, 0.3) is 0 Å². The molecule has 0 N–H and O–H groups in total. The van der Waals surface area contributed by atoms with E-state index in [-0.39, 0.29) is 0 Å². The highest BCUT2D eigenvalue weighted by atomic mass is 16.1. The first-order valence-corrected chi connectivity index (χ1v) is 4.48. The van der Waals surface area contributed by atoms with E-state index in [2.05, 4.69) is 5.10 Å². The molecule has 3 nitrogen and oxygen atoms in total. The number of aldehydes is 1. The first kappa shape index (κ1) is 10.4. The zero-order valence-electron chi connectivity index (χ0n) is 8.47. The van der Waals surface area contributed by atoms with Gasteiger partial charge < -0.3 is 9.80 Å². The van der Waals surface area contributed by atoms with Crippen molar-refractivity contribution >= 4 is 12.0 Å². The predicted molar refractivity (Wildman–Crippen MR) is 57.3 cm³/mol. The number of hydrogen-bond acceptors (Lipinski definition) is 3. The molecule has 0 unspecified atom stereocenters. The van der Waals surface area contributed by atoms with E-state index in [1.165, 1.54) is 0 Å². The number of carbonyl (C=O) groups excluding carboxylic acids is 1. The Labute approximate surface area is 84.0 Å². The number of rotatable bonds is 4. The zero-order chi connectivity index (χ0) is 10.4. The fourth-order valence-electron chi connectivity index (χ4n) is 1.17. The molecule has 1 rings (SSSR count). The first-order chi connectivity index (χ1) is 6.74. The Morgan fingerprint density at radius 3 is 2.50 bits per heavy atom. The van der Waals surface area contributed by atoms with Crippen LogP contribution in [0.5, 0.6) is 0 Å². The highest BCUT2D eigenvalue weighted by Gasteiger charge is 2.02. The van der Waals surface area contributed by atoms with Gasteiger partial charge in [-0.3, -0.25) is 0 Å². The molecule has 74 valence electrons. The van der Waals surface area contributed by atoms with Crippen molar-refractivity contribution in [2.45, 2.75) is 6.42 Å². The third-order valence-electron chi connectivity index (χ3n) is 1.70. The molecule has 0 spiro atoms. The Kier molecular flexibility index (Phi) is 3.85. The Morgan fingerprint density at radius 2 is 2.00 bits per heavy atom. The second-order valence-corrected chi connectivity index (χ2v) is 3.13. The van der Waals surface area contributed by atoms with Crippen molar-refractivity contribution in [1.82, 2.24) is 5.01 Å². The fraction of sp³-hybridized carbons (Fsp3) is 0.273. The maximum Gasteiger partial charge on any atom is 0.126 e. The molecule has 0 bridgehead atoms. The molecule has 1 aromatic rings. The minimum Gasteiger partial charge on any atom is -0.303 e. The van der Waals surface area contributed by atoms with Crippen LogP contribution in [0, 0.1) is 0 Å². The average Bonchev–Trinajstić information content (AvgIpc) is 2.18. The van der Waals surface area contributed by atoms with Crippen molar-refractivity contribution in [2.75, 3.05) is 14.1 Å². The molecule has 0 saturated heterocycles. The number of carbonyl (C=O) groups is 1. The van der Waals surface area contributed by atoms with E-state index in [0.717, 1.165) is 17.6 Å². The second-order valence-electron chi connectivity index (χ2n) is 3.13. The summed E-state index contributed by atoms with van der Waals surface area (Å²) in [7, 11) is 3.68. The maximum absolute atomic E-state index is 10.5. The lowest BCUT2D eigenvalue weighted by Gasteiger charge is -2.08. The van der Waals surface area contributed by atoms with Gasteiger partial charge in [0.2, 0.25) is 0 Å². The summed E-state index contributed by atoms with van der Waals surface area (Å²) in [6.07, 6.45) is 1.22. The third kappa shape index (κ3) is 3.01. The molecule has 0 aliphatic heterocycles. The molecule has 3 heteroatoms. The molecule has 0 atom stereocenters. The molecule has 0 aliphatic carbocycles. The van der Waals surface area contributed by atoms with E-state index in [1.807, 2.05) is 44.4 Å². The van der Waals surface area contributed by atoms with Crippen molar-refractivity contribution < 1.29 is 4.79 Å². The Balaban J connectivity index is 2.94. The van der Waals surface area contributed by atoms with Crippen molar-refractivity contribution in [3.63, 3.8) is 0 Å². The van der Waals surface area contributed by atoms with E-state index >= 15 is 0 Å². The molecule has 0 radical (unpaired) electrons. The zero-order valence-corrected chi connectivity index (χ0v) is 8.47. The average molecular weight is 190 g/mol. The molecule has 0 amide bonds. The van der Waals surface area contributed by atoms with E-state index < -0.39 is 0 Å². The second kappa shape index (κ2) is 5.17. The number of nitrogens with zero attached hydrogens (tertiary/aromatic N) is 2. The van der Waals surface area contributed by atoms with Crippen molar-refractivity contribution in [3.05, 3.63) is 35.9 Å². The molecule has 0 fully saturated rings. The molecule has 0 aliphatic rings. The van der Waals surface area contributed by atoms with Crippen LogP contribution in [0.15, 0.2) is 35.4 Å². The van der Waals surface area contributed by atoms with Gasteiger partial charge in [-0.15, -0.1) is 0 Å². The summed E-state index contributed by atoms with van der Waals surface area (Å²) in [4.78, 5) is 10.5. The summed E-state index contributed by atoms with van der Waals surface area (Å²) in [6, 6.07) is 9.71. The van der Waals surface area contributed by atoms with Crippen LogP contribution in [0.2, 0.25) is 0 Å². The smallest absolute Gasteiger partial charge is 0.126 e. The molecule has 14 heavy (non-hydrogen) atoms. The van der Waals surface area contributed by atoms with Crippen molar-refractivity contribution in [1.29, 1.82) is 0 Å². The highest BCUT2D eigenvalue weighted by molar-refractivity contribution is 6.06. The predicted octanol–water partition coefficient (Wildman–Crippen LogP) is 1.54. The minimum absolute atomic E-state index is 0.349. The summed E-state index contributed by atoms with van der Waals surface area (Å²) < 4.78 is 0. The highest BCUT2D eigenvalue weighted by Crippen LogP contribution is 2.04. The lowest BCUT2D eigenvalue weighted by molar-refractivity contribution is -0.106. The minimum atomic E-state index is 0.349. The van der Waals surface area contributed by atoms with Gasteiger partial charge in [-0.05, 0) is 5.56 Å². The van der Waals surface area contributed by atoms with Crippen molar-refractivity contribution in [2.24, 2.45) is 5.10 Å². The number of hydrogen-bond donors (Lipinski definition) is 0. The topological polar surface area (TPSA) is 32.7 Å². The quantitative estimate of drug-likeness (QED) is 0.410. The molecule has 0 aromatic heterocycles.